The molecule has 0 unspecified atom stereocenters. The Morgan fingerprint density at radius 1 is 1.00 bits per heavy atom. The van der Waals surface area contributed by atoms with E-state index in [2.05, 4.69) is 0 Å². The second-order valence-corrected chi connectivity index (χ2v) is 6.32. The fourth-order valence-electron chi connectivity index (χ4n) is 1.81. The summed E-state index contributed by atoms with van der Waals surface area (Å²) in [5.41, 5.74) is 0.612. The van der Waals surface area contributed by atoms with Crippen LogP contribution in [0.5, 0.6) is 0 Å². The van der Waals surface area contributed by atoms with Gasteiger partial charge in [0.25, 0.3) is 9.05 Å². The number of rotatable bonds is 3. The van der Waals surface area contributed by atoms with E-state index in [0.717, 1.165) is 0 Å². The van der Waals surface area contributed by atoms with Crippen LogP contribution in [0.2, 0.25) is 0 Å². The zero-order chi connectivity index (χ0) is 14.0. The fourth-order valence-corrected chi connectivity index (χ4v) is 2.88. The van der Waals surface area contributed by atoms with Gasteiger partial charge < -0.3 is 5.11 Å². The minimum atomic E-state index is -4.12. The molecule has 0 radical (unpaired) electrons. The Bertz CT molecular complexity index is 724. The van der Waals surface area contributed by atoms with E-state index in [1.165, 1.54) is 12.1 Å². The molecule has 0 fully saturated rings. The number of carbonyl (C=O) groups is 1. The predicted octanol–water partition coefficient (Wildman–Crippen LogP) is 2.98. The summed E-state index contributed by atoms with van der Waals surface area (Å²) in [5.74, 6) is -1.33. The maximum Gasteiger partial charge on any atom is 0.337 e. The van der Waals surface area contributed by atoms with Crippen LogP contribution in [0.15, 0.2) is 53.4 Å². The summed E-state index contributed by atoms with van der Waals surface area (Å²) in [6.45, 7) is 0. The summed E-state index contributed by atoms with van der Waals surface area (Å²) in [5, 5.41) is 9.25. The standard InChI is InChI=1S/C13H9ClO4S/c14-19(17,18)11-8-4-7-10(12(11)13(15)16)9-5-2-1-3-6-9/h1-8H,(H,15,16). The van der Waals surface area contributed by atoms with E-state index >= 15 is 0 Å². The summed E-state index contributed by atoms with van der Waals surface area (Å²) in [6.07, 6.45) is 0. The number of hydrogen-bond acceptors (Lipinski definition) is 3. The van der Waals surface area contributed by atoms with Crippen molar-refractivity contribution in [2.24, 2.45) is 0 Å². The van der Waals surface area contributed by atoms with Crippen LogP contribution in [-0.4, -0.2) is 19.5 Å². The van der Waals surface area contributed by atoms with Gasteiger partial charge in [0.2, 0.25) is 0 Å². The largest absolute Gasteiger partial charge is 0.478 e. The number of hydrogen-bond donors (Lipinski definition) is 1. The van der Waals surface area contributed by atoms with Crippen LogP contribution in [0.4, 0.5) is 0 Å². The van der Waals surface area contributed by atoms with Gasteiger partial charge in [-0.3, -0.25) is 0 Å². The van der Waals surface area contributed by atoms with Crippen LogP contribution in [0.25, 0.3) is 11.1 Å². The van der Waals surface area contributed by atoms with Gasteiger partial charge in [-0.2, -0.15) is 0 Å². The van der Waals surface area contributed by atoms with Crippen molar-refractivity contribution in [3.05, 3.63) is 54.1 Å². The minimum Gasteiger partial charge on any atom is -0.478 e. The molecule has 0 aliphatic carbocycles. The zero-order valence-corrected chi connectivity index (χ0v) is 11.1. The van der Waals surface area contributed by atoms with Gasteiger partial charge in [0.05, 0.1) is 10.5 Å². The monoisotopic (exact) mass is 296 g/mol. The lowest BCUT2D eigenvalue weighted by Gasteiger charge is -2.09. The predicted molar refractivity (Wildman–Crippen MR) is 71.9 cm³/mol. The van der Waals surface area contributed by atoms with Crippen LogP contribution >= 0.6 is 10.7 Å². The first-order valence-electron chi connectivity index (χ1n) is 5.27. The Morgan fingerprint density at radius 3 is 2.16 bits per heavy atom. The molecule has 4 nitrogen and oxygen atoms in total. The molecule has 0 atom stereocenters. The molecule has 2 aromatic carbocycles. The average Bonchev–Trinajstić information content (AvgIpc) is 2.37. The average molecular weight is 297 g/mol. The Balaban J connectivity index is 2.80. The molecule has 0 amide bonds. The van der Waals surface area contributed by atoms with Crippen molar-refractivity contribution in [1.82, 2.24) is 0 Å². The van der Waals surface area contributed by atoms with Gasteiger partial charge in [0, 0.05) is 10.7 Å². The number of aromatic carboxylic acids is 1. The maximum atomic E-state index is 11.4. The molecular weight excluding hydrogens is 288 g/mol. The van der Waals surface area contributed by atoms with E-state index in [0.29, 0.717) is 11.1 Å². The molecule has 0 heterocycles. The molecule has 6 heteroatoms. The van der Waals surface area contributed by atoms with Crippen molar-refractivity contribution < 1.29 is 18.3 Å². The Labute approximate surface area is 114 Å². The minimum absolute atomic E-state index is 0.315. The Morgan fingerprint density at radius 2 is 1.63 bits per heavy atom. The maximum absolute atomic E-state index is 11.4. The van der Waals surface area contributed by atoms with Crippen molar-refractivity contribution >= 4 is 25.7 Å². The lowest BCUT2D eigenvalue weighted by Crippen LogP contribution is -2.07. The number of halogens is 1. The summed E-state index contributed by atoms with van der Waals surface area (Å²) in [6, 6.07) is 12.9. The van der Waals surface area contributed by atoms with Crippen molar-refractivity contribution in [1.29, 1.82) is 0 Å². The summed E-state index contributed by atoms with van der Waals surface area (Å²) in [7, 11) is 1.16. The van der Waals surface area contributed by atoms with Crippen molar-refractivity contribution in [2.75, 3.05) is 0 Å². The van der Waals surface area contributed by atoms with Gasteiger partial charge in [-0.25, -0.2) is 13.2 Å². The van der Waals surface area contributed by atoms with Gasteiger partial charge in [-0.05, 0) is 17.2 Å². The molecule has 2 rings (SSSR count). The molecule has 0 saturated heterocycles. The van der Waals surface area contributed by atoms with Gasteiger partial charge in [-0.15, -0.1) is 0 Å². The molecule has 0 spiro atoms. The Hall–Kier alpha value is -1.85. The zero-order valence-electron chi connectivity index (χ0n) is 9.58. The molecule has 2 aromatic rings. The van der Waals surface area contributed by atoms with Gasteiger partial charge >= 0.3 is 5.97 Å². The molecular formula is C13H9ClO4S. The van der Waals surface area contributed by atoms with E-state index in [9.17, 15) is 18.3 Å². The van der Waals surface area contributed by atoms with Crippen molar-refractivity contribution in [3.63, 3.8) is 0 Å². The second-order valence-electron chi connectivity index (χ2n) is 3.79. The Kier molecular flexibility index (Phi) is 3.59. The highest BCUT2D eigenvalue weighted by atomic mass is 35.7. The molecule has 0 aromatic heterocycles. The first kappa shape index (κ1) is 13.6. The van der Waals surface area contributed by atoms with Gasteiger partial charge in [0.15, 0.2) is 0 Å². The first-order chi connectivity index (χ1) is 8.91. The normalized spacial score (nSPS) is 11.2. The lowest BCUT2D eigenvalue weighted by atomic mass is 10.00. The lowest BCUT2D eigenvalue weighted by molar-refractivity contribution is 0.0693. The SMILES string of the molecule is O=C(O)c1c(-c2ccccc2)cccc1S(=O)(=O)Cl. The van der Waals surface area contributed by atoms with Gasteiger partial charge in [-0.1, -0.05) is 42.5 Å². The number of benzene rings is 2. The van der Waals surface area contributed by atoms with E-state index < -0.39 is 19.9 Å². The van der Waals surface area contributed by atoms with E-state index in [1.54, 1.807) is 36.4 Å². The van der Waals surface area contributed by atoms with Crippen LogP contribution in [0, 0.1) is 0 Å². The van der Waals surface area contributed by atoms with Crippen LogP contribution in [-0.2, 0) is 9.05 Å². The fraction of sp³-hybridized carbons (Fsp3) is 0. The topological polar surface area (TPSA) is 71.4 Å². The molecule has 0 aliphatic rings. The smallest absolute Gasteiger partial charge is 0.337 e. The molecule has 0 bridgehead atoms. The summed E-state index contributed by atoms with van der Waals surface area (Å²) in [4.78, 5) is 10.9. The molecule has 0 saturated carbocycles. The highest BCUT2D eigenvalue weighted by Gasteiger charge is 2.23. The molecule has 98 valence electrons. The molecule has 0 aliphatic heterocycles. The second kappa shape index (κ2) is 5.03. The van der Waals surface area contributed by atoms with Crippen molar-refractivity contribution in [2.45, 2.75) is 4.90 Å². The van der Waals surface area contributed by atoms with Gasteiger partial charge in [0.1, 0.15) is 0 Å². The van der Waals surface area contributed by atoms with Crippen LogP contribution < -0.4 is 0 Å². The van der Waals surface area contributed by atoms with Crippen molar-refractivity contribution in [3.8, 4) is 11.1 Å². The summed E-state index contributed by atoms with van der Waals surface area (Å²) < 4.78 is 22.9. The highest BCUT2D eigenvalue weighted by Crippen LogP contribution is 2.30. The van der Waals surface area contributed by atoms with E-state index in [4.69, 9.17) is 10.7 Å². The number of carboxylic acid groups (broad SMARTS) is 1. The third kappa shape index (κ3) is 2.77. The highest BCUT2D eigenvalue weighted by molar-refractivity contribution is 8.13. The third-order valence-electron chi connectivity index (χ3n) is 2.59. The quantitative estimate of drug-likeness (QED) is 0.884. The third-order valence-corrected chi connectivity index (χ3v) is 3.95. The molecule has 1 N–H and O–H groups in total. The number of carboxylic acids is 1. The van der Waals surface area contributed by atoms with E-state index in [-0.39, 0.29) is 5.56 Å². The summed E-state index contributed by atoms with van der Waals surface area (Å²) >= 11 is 0. The molecule has 19 heavy (non-hydrogen) atoms. The van der Waals surface area contributed by atoms with E-state index in [1.807, 2.05) is 0 Å². The van der Waals surface area contributed by atoms with Crippen LogP contribution in [0.1, 0.15) is 10.4 Å². The van der Waals surface area contributed by atoms with Crippen LogP contribution in [0.3, 0.4) is 0 Å². The first-order valence-corrected chi connectivity index (χ1v) is 7.58.